The van der Waals surface area contributed by atoms with E-state index in [0.29, 0.717) is 0 Å². The van der Waals surface area contributed by atoms with Crippen LogP contribution in [-0.4, -0.2) is 44.3 Å². The van der Waals surface area contributed by atoms with Gasteiger partial charge in [0, 0.05) is 19.7 Å². The van der Waals surface area contributed by atoms with E-state index in [1.807, 2.05) is 0 Å². The number of hydrogen-bond acceptors (Lipinski definition) is 3. The van der Waals surface area contributed by atoms with Gasteiger partial charge in [0.2, 0.25) is 0 Å². The van der Waals surface area contributed by atoms with E-state index in [9.17, 15) is 0 Å². The molecule has 1 aliphatic rings. The van der Waals surface area contributed by atoms with E-state index in [2.05, 4.69) is 4.90 Å². The molecule has 3 nitrogen and oxygen atoms in total. The molecular weight excluding hydrogens is 152 g/mol. The van der Waals surface area contributed by atoms with Crippen molar-refractivity contribution in [2.75, 3.05) is 39.4 Å². The third kappa shape index (κ3) is 4.04. The molecule has 1 aliphatic heterocycles. The zero-order chi connectivity index (χ0) is 8.65. The molecule has 0 atom stereocenters. The summed E-state index contributed by atoms with van der Waals surface area (Å²) in [5, 5.41) is 0. The van der Waals surface area contributed by atoms with E-state index >= 15 is 0 Å². The highest BCUT2D eigenvalue weighted by Gasteiger charge is 2.07. The highest BCUT2D eigenvalue weighted by atomic mass is 16.5. The first-order valence-electron chi connectivity index (χ1n) is 4.93. The van der Waals surface area contributed by atoms with Crippen LogP contribution in [0.25, 0.3) is 0 Å². The fraction of sp³-hybridized carbons (Fsp3) is 1.00. The average molecular weight is 172 g/mol. The minimum absolute atomic E-state index is 0.824. The molecule has 0 amide bonds. The number of hydrogen-bond donors (Lipinski definition) is 1. The molecule has 0 aliphatic carbocycles. The molecule has 0 spiro atoms. The lowest BCUT2D eigenvalue weighted by molar-refractivity contribution is 0.141. The van der Waals surface area contributed by atoms with Crippen molar-refractivity contribution in [3.8, 4) is 0 Å². The van der Waals surface area contributed by atoms with Gasteiger partial charge < -0.3 is 15.4 Å². The van der Waals surface area contributed by atoms with Crippen LogP contribution in [-0.2, 0) is 4.74 Å². The van der Waals surface area contributed by atoms with Gasteiger partial charge in [-0.2, -0.15) is 0 Å². The minimum atomic E-state index is 0.824. The lowest BCUT2D eigenvalue weighted by Crippen LogP contribution is -2.27. The molecule has 0 radical (unpaired) electrons. The van der Waals surface area contributed by atoms with Gasteiger partial charge in [-0.15, -0.1) is 0 Å². The van der Waals surface area contributed by atoms with Gasteiger partial charge in [0.15, 0.2) is 0 Å². The summed E-state index contributed by atoms with van der Waals surface area (Å²) in [5.74, 6) is 0. The normalized spacial score (nSPS) is 20.8. The smallest absolute Gasteiger partial charge is 0.0593 e. The Bertz CT molecular complexity index is 101. The standard InChI is InChI=1S/C9H20N2O/c10-4-1-2-5-11-6-3-8-12-9-7-11/h1-10H2. The van der Waals surface area contributed by atoms with Crippen LogP contribution in [0.15, 0.2) is 0 Å². The van der Waals surface area contributed by atoms with Crippen LogP contribution in [0.3, 0.4) is 0 Å². The highest BCUT2D eigenvalue weighted by Crippen LogP contribution is 2.00. The molecule has 1 rings (SSSR count). The van der Waals surface area contributed by atoms with Gasteiger partial charge in [0.1, 0.15) is 0 Å². The molecule has 0 bridgehead atoms. The van der Waals surface area contributed by atoms with Crippen molar-refractivity contribution in [3.05, 3.63) is 0 Å². The zero-order valence-electron chi connectivity index (χ0n) is 7.80. The molecule has 0 unspecified atom stereocenters. The number of unbranched alkanes of at least 4 members (excludes halogenated alkanes) is 1. The van der Waals surface area contributed by atoms with Gasteiger partial charge in [-0.3, -0.25) is 0 Å². The number of rotatable bonds is 4. The van der Waals surface area contributed by atoms with Crippen LogP contribution >= 0.6 is 0 Å². The lowest BCUT2D eigenvalue weighted by Gasteiger charge is -2.18. The van der Waals surface area contributed by atoms with Crippen molar-refractivity contribution in [3.63, 3.8) is 0 Å². The molecule has 0 aromatic carbocycles. The minimum Gasteiger partial charge on any atom is -0.380 e. The average Bonchev–Trinajstić information content (AvgIpc) is 2.33. The molecular formula is C9H20N2O. The summed E-state index contributed by atoms with van der Waals surface area (Å²) in [7, 11) is 0. The highest BCUT2D eigenvalue weighted by molar-refractivity contribution is 4.60. The Kier molecular flexibility index (Phi) is 5.32. The van der Waals surface area contributed by atoms with E-state index in [1.54, 1.807) is 0 Å². The first-order chi connectivity index (χ1) is 5.93. The molecule has 12 heavy (non-hydrogen) atoms. The predicted molar refractivity (Wildman–Crippen MR) is 50.2 cm³/mol. The van der Waals surface area contributed by atoms with Gasteiger partial charge >= 0.3 is 0 Å². The SMILES string of the molecule is NCCCCN1CCCOCC1. The van der Waals surface area contributed by atoms with Gasteiger partial charge in [-0.05, 0) is 32.4 Å². The zero-order valence-corrected chi connectivity index (χ0v) is 7.80. The summed E-state index contributed by atoms with van der Waals surface area (Å²) in [5.41, 5.74) is 5.43. The Morgan fingerprint density at radius 2 is 2.08 bits per heavy atom. The first-order valence-corrected chi connectivity index (χ1v) is 4.93. The van der Waals surface area contributed by atoms with Crippen molar-refractivity contribution in [2.45, 2.75) is 19.3 Å². The maximum Gasteiger partial charge on any atom is 0.0593 e. The largest absolute Gasteiger partial charge is 0.380 e. The lowest BCUT2D eigenvalue weighted by atomic mass is 10.3. The fourth-order valence-corrected chi connectivity index (χ4v) is 1.50. The van der Waals surface area contributed by atoms with Crippen LogP contribution < -0.4 is 5.73 Å². The van der Waals surface area contributed by atoms with E-state index in [1.165, 1.54) is 25.9 Å². The second-order valence-electron chi connectivity index (χ2n) is 3.30. The molecule has 72 valence electrons. The second kappa shape index (κ2) is 6.40. The first kappa shape index (κ1) is 9.96. The summed E-state index contributed by atoms with van der Waals surface area (Å²) in [4.78, 5) is 2.47. The molecule has 1 saturated heterocycles. The van der Waals surface area contributed by atoms with Gasteiger partial charge in [0.25, 0.3) is 0 Å². The van der Waals surface area contributed by atoms with Crippen molar-refractivity contribution in [2.24, 2.45) is 5.73 Å². The van der Waals surface area contributed by atoms with Crippen LogP contribution in [0.4, 0.5) is 0 Å². The van der Waals surface area contributed by atoms with Crippen LogP contribution in [0, 0.1) is 0 Å². The molecule has 3 heteroatoms. The van der Waals surface area contributed by atoms with Crippen molar-refractivity contribution < 1.29 is 4.74 Å². The molecule has 0 saturated carbocycles. The van der Waals surface area contributed by atoms with E-state index < -0.39 is 0 Å². The van der Waals surface area contributed by atoms with Gasteiger partial charge in [-0.25, -0.2) is 0 Å². The Labute approximate surface area is 74.9 Å². The third-order valence-electron chi connectivity index (χ3n) is 2.24. The summed E-state index contributed by atoms with van der Waals surface area (Å²) >= 11 is 0. The Morgan fingerprint density at radius 3 is 2.92 bits per heavy atom. The Balaban J connectivity index is 2.04. The van der Waals surface area contributed by atoms with Gasteiger partial charge in [0.05, 0.1) is 6.61 Å². The summed E-state index contributed by atoms with van der Waals surface area (Å²) in [6, 6.07) is 0. The number of nitrogens with zero attached hydrogens (tertiary/aromatic N) is 1. The van der Waals surface area contributed by atoms with Gasteiger partial charge in [-0.1, -0.05) is 0 Å². The molecule has 0 aromatic rings. The predicted octanol–water partition coefficient (Wildman–Crippen LogP) is 0.448. The van der Waals surface area contributed by atoms with E-state index in [-0.39, 0.29) is 0 Å². The summed E-state index contributed by atoms with van der Waals surface area (Å²) in [6.07, 6.45) is 3.57. The van der Waals surface area contributed by atoms with Crippen LogP contribution in [0.5, 0.6) is 0 Å². The molecule has 2 N–H and O–H groups in total. The maximum atomic E-state index is 5.43. The summed E-state index contributed by atoms with van der Waals surface area (Å²) in [6.45, 7) is 6.16. The Morgan fingerprint density at radius 1 is 1.17 bits per heavy atom. The molecule has 1 fully saturated rings. The van der Waals surface area contributed by atoms with E-state index in [0.717, 1.165) is 32.7 Å². The van der Waals surface area contributed by atoms with Crippen molar-refractivity contribution in [1.29, 1.82) is 0 Å². The third-order valence-corrected chi connectivity index (χ3v) is 2.24. The fourth-order valence-electron chi connectivity index (χ4n) is 1.50. The molecule has 1 heterocycles. The number of nitrogens with two attached hydrogens (primary N) is 1. The van der Waals surface area contributed by atoms with Crippen LogP contribution in [0.2, 0.25) is 0 Å². The monoisotopic (exact) mass is 172 g/mol. The number of ether oxygens (including phenoxy) is 1. The topological polar surface area (TPSA) is 38.5 Å². The summed E-state index contributed by atoms with van der Waals surface area (Å²) < 4.78 is 5.36. The Hall–Kier alpha value is -0.120. The van der Waals surface area contributed by atoms with Crippen LogP contribution in [0.1, 0.15) is 19.3 Å². The second-order valence-corrected chi connectivity index (χ2v) is 3.30. The van der Waals surface area contributed by atoms with E-state index in [4.69, 9.17) is 10.5 Å². The maximum absolute atomic E-state index is 5.43. The quantitative estimate of drug-likeness (QED) is 0.626. The van der Waals surface area contributed by atoms with Crippen molar-refractivity contribution >= 4 is 0 Å². The molecule has 0 aromatic heterocycles. The van der Waals surface area contributed by atoms with Crippen molar-refractivity contribution in [1.82, 2.24) is 4.90 Å².